The molecule has 1 aliphatic carbocycles. The third kappa shape index (κ3) is 4.90. The van der Waals surface area contributed by atoms with Crippen LogP contribution in [0.3, 0.4) is 0 Å². The number of rotatable bonds is 9. The van der Waals surface area contributed by atoms with Gasteiger partial charge in [0.2, 0.25) is 5.91 Å². The van der Waals surface area contributed by atoms with Crippen LogP contribution in [0.4, 0.5) is 0 Å². The van der Waals surface area contributed by atoms with Crippen molar-refractivity contribution in [3.63, 3.8) is 0 Å². The Labute approximate surface area is 163 Å². The summed E-state index contributed by atoms with van der Waals surface area (Å²) in [5.41, 5.74) is 6.39. The molecule has 0 aliphatic heterocycles. The Bertz CT molecular complexity index is 577. The fraction of sp³-hybridized carbons (Fsp3) is 0.650. The number of aryl methyl sites for hydroxylation is 1. The summed E-state index contributed by atoms with van der Waals surface area (Å²) in [7, 11) is 0. The highest BCUT2D eigenvalue weighted by Gasteiger charge is 2.62. The number of unbranched alkanes of at least 4 members (excludes halogenated alkanes) is 1. The van der Waals surface area contributed by atoms with E-state index in [1.807, 2.05) is 45.0 Å². The van der Waals surface area contributed by atoms with Gasteiger partial charge in [0, 0.05) is 25.0 Å². The average Bonchev–Trinajstić information content (AvgIpc) is 2.58. The Morgan fingerprint density at radius 3 is 2.50 bits per heavy atom. The summed E-state index contributed by atoms with van der Waals surface area (Å²) in [4.78, 5) is 12.5. The van der Waals surface area contributed by atoms with Gasteiger partial charge in [-0.05, 0) is 38.8 Å². The average molecular weight is 385 g/mol. The molecule has 6 heteroatoms. The van der Waals surface area contributed by atoms with E-state index in [1.54, 1.807) is 0 Å². The predicted molar refractivity (Wildman–Crippen MR) is 107 cm³/mol. The first-order chi connectivity index (χ1) is 11.8. The number of amides is 1. The Hall–Kier alpha value is -1.30. The van der Waals surface area contributed by atoms with Crippen LogP contribution in [0.5, 0.6) is 5.75 Å². The van der Waals surface area contributed by atoms with Crippen molar-refractivity contribution in [2.45, 2.75) is 58.6 Å². The number of hydrogen-bond acceptors (Lipinski definition) is 4. The van der Waals surface area contributed by atoms with Crippen LogP contribution < -0.4 is 15.8 Å². The summed E-state index contributed by atoms with van der Waals surface area (Å²) < 4.78 is 11.4. The summed E-state index contributed by atoms with van der Waals surface area (Å²) >= 11 is 0. The van der Waals surface area contributed by atoms with Gasteiger partial charge in [-0.25, -0.2) is 0 Å². The van der Waals surface area contributed by atoms with Crippen molar-refractivity contribution in [2.75, 3.05) is 19.8 Å². The van der Waals surface area contributed by atoms with E-state index in [4.69, 9.17) is 15.2 Å². The predicted octanol–water partition coefficient (Wildman–Crippen LogP) is 3.22. The van der Waals surface area contributed by atoms with Gasteiger partial charge in [-0.2, -0.15) is 0 Å². The van der Waals surface area contributed by atoms with Crippen molar-refractivity contribution in [1.82, 2.24) is 5.32 Å². The van der Waals surface area contributed by atoms with E-state index in [0.717, 1.165) is 18.6 Å². The topological polar surface area (TPSA) is 73.6 Å². The SMILES string of the molecule is CCOC1CC(N)(C(=O)NCCCCOc2ccc(C)cc2)C1(C)C.Cl. The lowest BCUT2D eigenvalue weighted by Crippen LogP contribution is -2.75. The molecule has 1 aliphatic rings. The van der Waals surface area contributed by atoms with Gasteiger partial charge < -0.3 is 20.5 Å². The molecular formula is C20H33ClN2O3. The molecule has 0 heterocycles. The lowest BCUT2D eigenvalue weighted by Gasteiger charge is -2.57. The number of halogens is 1. The van der Waals surface area contributed by atoms with E-state index in [0.29, 0.717) is 26.2 Å². The summed E-state index contributed by atoms with van der Waals surface area (Å²) in [5, 5.41) is 2.97. The van der Waals surface area contributed by atoms with Gasteiger partial charge in [-0.15, -0.1) is 12.4 Å². The van der Waals surface area contributed by atoms with E-state index in [9.17, 15) is 4.79 Å². The summed E-state index contributed by atoms with van der Waals surface area (Å²) in [6, 6.07) is 8.02. The molecule has 3 N–H and O–H groups in total. The molecule has 2 unspecified atom stereocenters. The quantitative estimate of drug-likeness (QED) is 0.641. The molecule has 2 rings (SSSR count). The molecule has 1 aromatic carbocycles. The van der Waals surface area contributed by atoms with Gasteiger partial charge in [-0.3, -0.25) is 4.79 Å². The third-order valence-electron chi connectivity index (χ3n) is 5.38. The molecule has 0 saturated heterocycles. The van der Waals surface area contributed by atoms with Gasteiger partial charge in [0.05, 0.1) is 12.7 Å². The molecule has 1 aromatic rings. The smallest absolute Gasteiger partial charge is 0.240 e. The molecule has 1 saturated carbocycles. The Morgan fingerprint density at radius 2 is 1.92 bits per heavy atom. The van der Waals surface area contributed by atoms with Crippen molar-refractivity contribution in [1.29, 1.82) is 0 Å². The maximum atomic E-state index is 12.5. The number of ether oxygens (including phenoxy) is 2. The number of benzene rings is 1. The van der Waals surface area contributed by atoms with Crippen LogP contribution in [0, 0.1) is 12.3 Å². The summed E-state index contributed by atoms with van der Waals surface area (Å²) in [5.74, 6) is 0.807. The second-order valence-corrected chi connectivity index (χ2v) is 7.47. The highest BCUT2D eigenvalue weighted by molar-refractivity contribution is 5.88. The fourth-order valence-corrected chi connectivity index (χ4v) is 3.23. The maximum Gasteiger partial charge on any atom is 0.240 e. The fourth-order valence-electron chi connectivity index (χ4n) is 3.23. The summed E-state index contributed by atoms with van der Waals surface area (Å²) in [6.45, 7) is 9.93. The van der Waals surface area contributed by atoms with E-state index >= 15 is 0 Å². The van der Waals surface area contributed by atoms with E-state index in [1.165, 1.54) is 5.56 Å². The lowest BCUT2D eigenvalue weighted by atomic mass is 9.54. The van der Waals surface area contributed by atoms with E-state index in [-0.39, 0.29) is 29.8 Å². The first-order valence-electron chi connectivity index (χ1n) is 9.19. The zero-order chi connectivity index (χ0) is 18.5. The number of carbonyl (C=O) groups is 1. The normalized spacial score (nSPS) is 23.5. The van der Waals surface area contributed by atoms with Gasteiger partial charge in [0.15, 0.2) is 0 Å². The first kappa shape index (κ1) is 22.7. The molecule has 26 heavy (non-hydrogen) atoms. The molecule has 0 aromatic heterocycles. The number of nitrogens with one attached hydrogen (secondary N) is 1. The van der Waals surface area contributed by atoms with Crippen molar-refractivity contribution < 1.29 is 14.3 Å². The largest absolute Gasteiger partial charge is 0.494 e. The van der Waals surface area contributed by atoms with Crippen LogP contribution in [0.15, 0.2) is 24.3 Å². The second kappa shape index (κ2) is 9.58. The van der Waals surface area contributed by atoms with Crippen LogP contribution in [-0.4, -0.2) is 37.3 Å². The van der Waals surface area contributed by atoms with Crippen LogP contribution in [0.1, 0.15) is 45.6 Å². The van der Waals surface area contributed by atoms with Crippen molar-refractivity contribution in [3.05, 3.63) is 29.8 Å². The van der Waals surface area contributed by atoms with Crippen LogP contribution in [-0.2, 0) is 9.53 Å². The summed E-state index contributed by atoms with van der Waals surface area (Å²) in [6.07, 6.45) is 2.38. The molecule has 0 spiro atoms. The first-order valence-corrected chi connectivity index (χ1v) is 9.19. The van der Waals surface area contributed by atoms with Crippen molar-refractivity contribution in [3.8, 4) is 5.75 Å². The molecular weight excluding hydrogens is 352 g/mol. The number of carbonyl (C=O) groups excluding carboxylic acids is 1. The standard InChI is InChI=1S/C20H32N2O3.ClH/c1-5-24-17-14-20(21,19(17,3)4)18(23)22-12-6-7-13-25-16-10-8-15(2)9-11-16;/h8-11,17H,5-7,12-14,21H2,1-4H3,(H,22,23);1H. The minimum absolute atomic E-state index is 0. The van der Waals surface area contributed by atoms with Gasteiger partial charge in [-0.1, -0.05) is 31.5 Å². The van der Waals surface area contributed by atoms with E-state index in [2.05, 4.69) is 12.2 Å². The highest BCUT2D eigenvalue weighted by atomic mass is 35.5. The minimum Gasteiger partial charge on any atom is -0.494 e. The lowest BCUT2D eigenvalue weighted by molar-refractivity contribution is -0.170. The van der Waals surface area contributed by atoms with Crippen molar-refractivity contribution >= 4 is 18.3 Å². The Morgan fingerprint density at radius 1 is 1.27 bits per heavy atom. The Balaban J connectivity index is 0.00000338. The van der Waals surface area contributed by atoms with Gasteiger partial charge >= 0.3 is 0 Å². The molecule has 1 fully saturated rings. The third-order valence-corrected chi connectivity index (χ3v) is 5.38. The maximum absolute atomic E-state index is 12.5. The van der Waals surface area contributed by atoms with Crippen LogP contribution in [0.25, 0.3) is 0 Å². The molecule has 2 atom stereocenters. The van der Waals surface area contributed by atoms with Crippen LogP contribution in [0.2, 0.25) is 0 Å². The van der Waals surface area contributed by atoms with Crippen molar-refractivity contribution in [2.24, 2.45) is 11.1 Å². The molecule has 0 bridgehead atoms. The molecule has 1 amide bonds. The van der Waals surface area contributed by atoms with Crippen LogP contribution >= 0.6 is 12.4 Å². The molecule has 5 nitrogen and oxygen atoms in total. The number of nitrogens with two attached hydrogens (primary N) is 1. The zero-order valence-corrected chi connectivity index (χ0v) is 17.2. The molecule has 148 valence electrons. The minimum atomic E-state index is -0.842. The highest BCUT2D eigenvalue weighted by Crippen LogP contribution is 2.49. The zero-order valence-electron chi connectivity index (χ0n) is 16.3. The monoisotopic (exact) mass is 384 g/mol. The van der Waals surface area contributed by atoms with E-state index < -0.39 is 5.54 Å². The number of hydrogen-bond donors (Lipinski definition) is 2. The van der Waals surface area contributed by atoms with Gasteiger partial charge in [0.25, 0.3) is 0 Å². The molecule has 0 radical (unpaired) electrons. The second-order valence-electron chi connectivity index (χ2n) is 7.47. The van der Waals surface area contributed by atoms with Gasteiger partial charge in [0.1, 0.15) is 11.3 Å². The Kier molecular flexibility index (Phi) is 8.38.